The lowest BCUT2D eigenvalue weighted by Gasteiger charge is -2.19. The highest BCUT2D eigenvalue weighted by molar-refractivity contribution is 5.82. The maximum absolute atomic E-state index is 10.4. The number of nitrogens with zero attached hydrogens (tertiary/aromatic N) is 3. The Morgan fingerprint density at radius 3 is 2.70 bits per heavy atom. The molecule has 1 aliphatic rings. The number of nitrogens with two attached hydrogens (primary N) is 1. The summed E-state index contributed by atoms with van der Waals surface area (Å²) in [6, 6.07) is 14.4. The minimum atomic E-state index is 0.0594. The van der Waals surface area contributed by atoms with E-state index in [1.807, 2.05) is 34.9 Å². The SMILES string of the molecule is Nc1ccc(-c2nc3cccnc3n2-c2ccc3c(c2)OCCO3)c(O)c1. The first kappa shape index (κ1) is 15.5. The predicted molar refractivity (Wildman–Crippen MR) is 101 cm³/mol. The van der Waals surface area contributed by atoms with Gasteiger partial charge in [-0.3, -0.25) is 4.57 Å². The second kappa shape index (κ2) is 5.91. The molecule has 5 rings (SSSR count). The number of rotatable bonds is 2. The quantitative estimate of drug-likeness (QED) is 0.533. The summed E-state index contributed by atoms with van der Waals surface area (Å²) in [5, 5.41) is 10.4. The molecular weight excluding hydrogens is 344 g/mol. The Morgan fingerprint density at radius 1 is 1.00 bits per heavy atom. The zero-order chi connectivity index (χ0) is 18.4. The number of aromatic nitrogens is 3. The van der Waals surface area contributed by atoms with Crippen molar-refractivity contribution in [2.24, 2.45) is 0 Å². The second-order valence-electron chi connectivity index (χ2n) is 6.22. The summed E-state index contributed by atoms with van der Waals surface area (Å²) in [4.78, 5) is 9.17. The Labute approximate surface area is 154 Å². The van der Waals surface area contributed by atoms with E-state index in [0.717, 1.165) is 11.2 Å². The van der Waals surface area contributed by atoms with Crippen LogP contribution in [0.3, 0.4) is 0 Å². The third-order valence-corrected chi connectivity index (χ3v) is 4.46. The lowest BCUT2D eigenvalue weighted by Crippen LogP contribution is -2.15. The third-order valence-electron chi connectivity index (χ3n) is 4.46. The fourth-order valence-electron chi connectivity index (χ4n) is 3.25. The highest BCUT2D eigenvalue weighted by Gasteiger charge is 2.20. The molecule has 3 N–H and O–H groups in total. The number of phenols is 1. The van der Waals surface area contributed by atoms with Crippen LogP contribution in [0.4, 0.5) is 5.69 Å². The average molecular weight is 360 g/mol. The van der Waals surface area contributed by atoms with E-state index in [2.05, 4.69) is 9.97 Å². The lowest BCUT2D eigenvalue weighted by atomic mass is 10.1. The minimum absolute atomic E-state index is 0.0594. The van der Waals surface area contributed by atoms with Crippen molar-refractivity contribution in [2.75, 3.05) is 18.9 Å². The molecule has 4 aromatic rings. The molecule has 134 valence electrons. The third kappa shape index (κ3) is 2.52. The zero-order valence-electron chi connectivity index (χ0n) is 14.3. The van der Waals surface area contributed by atoms with E-state index < -0.39 is 0 Å². The maximum Gasteiger partial charge on any atom is 0.164 e. The number of hydrogen-bond donors (Lipinski definition) is 2. The summed E-state index contributed by atoms with van der Waals surface area (Å²) in [7, 11) is 0. The highest BCUT2D eigenvalue weighted by atomic mass is 16.6. The number of fused-ring (bicyclic) bond motifs is 2. The van der Waals surface area contributed by atoms with Crippen LogP contribution in [-0.2, 0) is 0 Å². The number of nitrogen functional groups attached to an aromatic ring is 1. The summed E-state index contributed by atoms with van der Waals surface area (Å²) in [5.41, 5.74) is 9.04. The van der Waals surface area contributed by atoms with Crippen molar-refractivity contribution >= 4 is 16.9 Å². The summed E-state index contributed by atoms with van der Waals surface area (Å²) < 4.78 is 13.2. The Kier molecular flexibility index (Phi) is 3.39. The molecular formula is C20H16N4O3. The number of aromatic hydroxyl groups is 1. The molecule has 27 heavy (non-hydrogen) atoms. The minimum Gasteiger partial charge on any atom is -0.507 e. The molecule has 7 heteroatoms. The van der Waals surface area contributed by atoms with Crippen LogP contribution in [0.15, 0.2) is 54.7 Å². The van der Waals surface area contributed by atoms with Crippen LogP contribution in [0.1, 0.15) is 0 Å². The summed E-state index contributed by atoms with van der Waals surface area (Å²) in [6.07, 6.45) is 1.71. The average Bonchev–Trinajstić information content (AvgIpc) is 3.06. The first-order valence-electron chi connectivity index (χ1n) is 8.53. The van der Waals surface area contributed by atoms with Gasteiger partial charge < -0.3 is 20.3 Å². The van der Waals surface area contributed by atoms with Crippen LogP contribution in [-0.4, -0.2) is 32.9 Å². The van der Waals surface area contributed by atoms with Crippen molar-refractivity contribution < 1.29 is 14.6 Å². The molecule has 2 aromatic carbocycles. The van der Waals surface area contributed by atoms with E-state index >= 15 is 0 Å². The fourth-order valence-corrected chi connectivity index (χ4v) is 3.25. The van der Waals surface area contributed by atoms with Gasteiger partial charge in [0.15, 0.2) is 23.0 Å². The van der Waals surface area contributed by atoms with Gasteiger partial charge >= 0.3 is 0 Å². The van der Waals surface area contributed by atoms with Gasteiger partial charge in [0.2, 0.25) is 0 Å². The van der Waals surface area contributed by atoms with Crippen molar-refractivity contribution in [2.45, 2.75) is 0 Å². The molecule has 3 heterocycles. The molecule has 0 saturated carbocycles. The topological polar surface area (TPSA) is 95.4 Å². The van der Waals surface area contributed by atoms with Crippen LogP contribution < -0.4 is 15.2 Å². The Morgan fingerprint density at radius 2 is 1.85 bits per heavy atom. The van der Waals surface area contributed by atoms with Crippen molar-refractivity contribution in [3.8, 4) is 34.3 Å². The Bertz CT molecular complexity index is 1170. The molecule has 2 aromatic heterocycles. The predicted octanol–water partition coefficient (Wildman–Crippen LogP) is 3.15. The standard InChI is InChI=1S/C20H16N4O3/c21-12-3-5-14(16(25)10-12)19-23-15-2-1-7-22-20(15)24(19)13-4-6-17-18(11-13)27-9-8-26-17/h1-7,10-11,25H,8-9,21H2. The van der Waals surface area contributed by atoms with Crippen molar-refractivity contribution in [1.82, 2.24) is 14.5 Å². The van der Waals surface area contributed by atoms with Crippen LogP contribution in [0, 0.1) is 0 Å². The summed E-state index contributed by atoms with van der Waals surface area (Å²) in [6.45, 7) is 1.04. The molecule has 0 spiro atoms. The lowest BCUT2D eigenvalue weighted by molar-refractivity contribution is 0.171. The Balaban J connectivity index is 1.78. The van der Waals surface area contributed by atoms with Gasteiger partial charge in [0.05, 0.1) is 11.3 Å². The molecule has 0 aliphatic carbocycles. The van der Waals surface area contributed by atoms with Gasteiger partial charge in [0.1, 0.15) is 24.5 Å². The van der Waals surface area contributed by atoms with Crippen molar-refractivity contribution in [1.29, 1.82) is 0 Å². The number of pyridine rings is 1. The van der Waals surface area contributed by atoms with Crippen molar-refractivity contribution in [3.05, 3.63) is 54.7 Å². The van der Waals surface area contributed by atoms with E-state index in [-0.39, 0.29) is 5.75 Å². The molecule has 0 amide bonds. The van der Waals surface area contributed by atoms with E-state index in [4.69, 9.17) is 15.2 Å². The van der Waals surface area contributed by atoms with Gasteiger partial charge in [-0.2, -0.15) is 0 Å². The Hall–Kier alpha value is -3.74. The van der Waals surface area contributed by atoms with Gasteiger partial charge in [0.25, 0.3) is 0 Å². The largest absolute Gasteiger partial charge is 0.507 e. The number of ether oxygens (including phenoxy) is 2. The van der Waals surface area contributed by atoms with E-state index in [1.165, 1.54) is 6.07 Å². The van der Waals surface area contributed by atoms with E-state index in [9.17, 15) is 5.11 Å². The maximum atomic E-state index is 10.4. The van der Waals surface area contributed by atoms with Gasteiger partial charge in [-0.15, -0.1) is 0 Å². The number of benzene rings is 2. The molecule has 7 nitrogen and oxygen atoms in total. The van der Waals surface area contributed by atoms with Crippen LogP contribution in [0.5, 0.6) is 17.2 Å². The van der Waals surface area contributed by atoms with Gasteiger partial charge in [-0.1, -0.05) is 0 Å². The van der Waals surface area contributed by atoms with E-state index in [1.54, 1.807) is 18.3 Å². The number of imidazole rings is 1. The van der Waals surface area contributed by atoms with Crippen molar-refractivity contribution in [3.63, 3.8) is 0 Å². The number of hydrogen-bond acceptors (Lipinski definition) is 6. The summed E-state index contributed by atoms with van der Waals surface area (Å²) in [5.74, 6) is 2.00. The molecule has 0 fully saturated rings. The normalized spacial score (nSPS) is 13.0. The summed E-state index contributed by atoms with van der Waals surface area (Å²) >= 11 is 0. The first-order valence-corrected chi connectivity index (χ1v) is 8.53. The second-order valence-corrected chi connectivity index (χ2v) is 6.22. The first-order chi connectivity index (χ1) is 13.2. The molecule has 0 unspecified atom stereocenters. The van der Waals surface area contributed by atoms with Gasteiger partial charge in [-0.25, -0.2) is 9.97 Å². The van der Waals surface area contributed by atoms with Gasteiger partial charge in [-0.05, 0) is 36.4 Å². The molecule has 0 radical (unpaired) electrons. The highest BCUT2D eigenvalue weighted by Crippen LogP contribution is 2.37. The van der Waals surface area contributed by atoms with Crippen LogP contribution >= 0.6 is 0 Å². The molecule has 1 aliphatic heterocycles. The monoisotopic (exact) mass is 360 g/mol. The van der Waals surface area contributed by atoms with E-state index in [0.29, 0.717) is 47.4 Å². The molecule has 0 bridgehead atoms. The molecule has 0 saturated heterocycles. The number of anilines is 1. The van der Waals surface area contributed by atoms with Gasteiger partial charge in [0, 0.05) is 24.0 Å². The smallest absolute Gasteiger partial charge is 0.164 e. The zero-order valence-corrected chi connectivity index (χ0v) is 14.3. The fraction of sp³-hybridized carbons (Fsp3) is 0.100. The number of phenolic OH excluding ortho intramolecular Hbond substituents is 1. The van der Waals surface area contributed by atoms with Crippen LogP contribution in [0.25, 0.3) is 28.2 Å². The molecule has 0 atom stereocenters. The van der Waals surface area contributed by atoms with Crippen LogP contribution in [0.2, 0.25) is 0 Å².